The fourth-order valence-corrected chi connectivity index (χ4v) is 3.09. The maximum absolute atomic E-state index is 12.8. The zero-order chi connectivity index (χ0) is 18.5. The summed E-state index contributed by atoms with van der Waals surface area (Å²) in [5, 5.41) is 24.0. The smallest absolute Gasteiger partial charge is 0.267 e. The van der Waals surface area contributed by atoms with E-state index in [0.717, 1.165) is 15.4 Å². The predicted octanol–water partition coefficient (Wildman–Crippen LogP) is 4.27. The molecule has 128 valence electrons. The molecule has 5 nitrogen and oxygen atoms in total. The van der Waals surface area contributed by atoms with Gasteiger partial charge in [-0.15, -0.1) is 0 Å². The van der Waals surface area contributed by atoms with Gasteiger partial charge in [0.2, 0.25) is 0 Å². The summed E-state index contributed by atoms with van der Waals surface area (Å²) in [5.74, 6) is -0.432. The molecule has 2 aromatic carbocycles. The molecular weight excluding hydrogens is 392 g/mol. The molecule has 0 aliphatic heterocycles. The standard InChI is InChI=1S/C20H15BrN4O/c21-16-9-7-15(8-10-16)19-17-5-1-2-6-18(17)20(26)25(24-19)13-14(12-23)4-3-11-22/h1-2,5-10,14H,3-4,13H2/t14-/m0/s1. The minimum Gasteiger partial charge on any atom is -0.267 e. The molecule has 0 aliphatic rings. The number of halogens is 1. The van der Waals surface area contributed by atoms with Crippen molar-refractivity contribution in [1.29, 1.82) is 10.5 Å². The molecule has 3 aromatic rings. The molecule has 6 heteroatoms. The van der Waals surface area contributed by atoms with Crippen molar-refractivity contribution in [3.63, 3.8) is 0 Å². The Morgan fingerprint density at radius 1 is 1.08 bits per heavy atom. The van der Waals surface area contributed by atoms with Gasteiger partial charge in [0, 0.05) is 21.8 Å². The highest BCUT2D eigenvalue weighted by atomic mass is 79.9. The monoisotopic (exact) mass is 406 g/mol. The zero-order valence-corrected chi connectivity index (χ0v) is 15.5. The highest BCUT2D eigenvalue weighted by Gasteiger charge is 2.15. The maximum atomic E-state index is 12.8. The van der Waals surface area contributed by atoms with Gasteiger partial charge in [-0.3, -0.25) is 4.79 Å². The molecule has 1 heterocycles. The number of hydrogen-bond acceptors (Lipinski definition) is 4. The Balaban J connectivity index is 2.14. The van der Waals surface area contributed by atoms with Crippen LogP contribution in [0.25, 0.3) is 22.0 Å². The molecule has 0 N–H and O–H groups in total. The average molecular weight is 407 g/mol. The molecule has 3 rings (SSSR count). The summed E-state index contributed by atoms with van der Waals surface area (Å²) in [4.78, 5) is 12.8. The van der Waals surface area contributed by atoms with Gasteiger partial charge in [-0.25, -0.2) is 4.68 Å². The lowest BCUT2D eigenvalue weighted by Crippen LogP contribution is -2.27. The molecular formula is C20H15BrN4O. The number of rotatable bonds is 5. The summed E-state index contributed by atoms with van der Waals surface area (Å²) in [6, 6.07) is 19.3. The van der Waals surface area contributed by atoms with Gasteiger partial charge in [-0.2, -0.15) is 15.6 Å². The van der Waals surface area contributed by atoms with Crippen LogP contribution >= 0.6 is 15.9 Å². The number of nitriles is 2. The number of nitrogens with zero attached hydrogens (tertiary/aromatic N) is 4. The maximum Gasteiger partial charge on any atom is 0.274 e. The van der Waals surface area contributed by atoms with E-state index in [1.54, 1.807) is 6.07 Å². The van der Waals surface area contributed by atoms with Crippen molar-refractivity contribution >= 4 is 26.7 Å². The summed E-state index contributed by atoms with van der Waals surface area (Å²) in [6.07, 6.45) is 0.696. The molecule has 0 bridgehead atoms. The first kappa shape index (κ1) is 17.8. The van der Waals surface area contributed by atoms with Crippen LogP contribution in [-0.4, -0.2) is 9.78 Å². The first-order valence-electron chi connectivity index (χ1n) is 8.16. The van der Waals surface area contributed by atoms with Crippen LogP contribution < -0.4 is 5.56 Å². The Bertz CT molecular complexity index is 1070. The third-order valence-electron chi connectivity index (χ3n) is 4.17. The average Bonchev–Trinajstić information content (AvgIpc) is 2.67. The number of fused-ring (bicyclic) bond motifs is 1. The highest BCUT2D eigenvalue weighted by molar-refractivity contribution is 9.10. The molecule has 0 fully saturated rings. The van der Waals surface area contributed by atoms with Crippen molar-refractivity contribution in [2.45, 2.75) is 19.4 Å². The molecule has 0 aliphatic carbocycles. The van der Waals surface area contributed by atoms with Gasteiger partial charge >= 0.3 is 0 Å². The molecule has 0 saturated heterocycles. The SMILES string of the molecule is N#CCC[C@@H](C#N)Cn1nc(-c2ccc(Br)cc2)c2ccccc2c1=O. The van der Waals surface area contributed by atoms with Gasteiger partial charge < -0.3 is 0 Å². The molecule has 0 spiro atoms. The van der Waals surface area contributed by atoms with E-state index < -0.39 is 5.92 Å². The van der Waals surface area contributed by atoms with Crippen LogP contribution in [0.2, 0.25) is 0 Å². The Kier molecular flexibility index (Phi) is 5.46. The minimum absolute atomic E-state index is 0.172. The normalized spacial score (nSPS) is 11.7. The Hall–Kier alpha value is -2.96. The predicted molar refractivity (Wildman–Crippen MR) is 103 cm³/mol. The number of benzene rings is 2. The molecule has 26 heavy (non-hydrogen) atoms. The van der Waals surface area contributed by atoms with Gasteiger partial charge in [0.25, 0.3) is 5.56 Å². The molecule has 0 amide bonds. The second-order valence-electron chi connectivity index (χ2n) is 5.91. The minimum atomic E-state index is -0.432. The van der Waals surface area contributed by atoms with Gasteiger partial charge in [-0.1, -0.05) is 46.3 Å². The van der Waals surface area contributed by atoms with Crippen molar-refractivity contribution < 1.29 is 0 Å². The van der Waals surface area contributed by atoms with E-state index in [9.17, 15) is 10.1 Å². The van der Waals surface area contributed by atoms with E-state index in [-0.39, 0.29) is 18.5 Å². The molecule has 0 unspecified atom stereocenters. The van der Waals surface area contributed by atoms with Gasteiger partial charge in [0.15, 0.2) is 0 Å². The van der Waals surface area contributed by atoms with Crippen molar-refractivity contribution in [3.8, 4) is 23.4 Å². The lowest BCUT2D eigenvalue weighted by atomic mass is 10.0. The highest BCUT2D eigenvalue weighted by Crippen LogP contribution is 2.26. The second kappa shape index (κ2) is 7.95. The first-order valence-corrected chi connectivity index (χ1v) is 8.95. The third kappa shape index (κ3) is 3.66. The van der Waals surface area contributed by atoms with E-state index in [4.69, 9.17) is 5.26 Å². The first-order chi connectivity index (χ1) is 12.6. The molecule has 1 aromatic heterocycles. The van der Waals surface area contributed by atoms with Crippen LogP contribution in [0.15, 0.2) is 57.8 Å². The zero-order valence-electron chi connectivity index (χ0n) is 13.9. The summed E-state index contributed by atoms with van der Waals surface area (Å²) in [6.45, 7) is 0.172. The number of hydrogen-bond donors (Lipinski definition) is 0. The summed E-state index contributed by atoms with van der Waals surface area (Å²) in [7, 11) is 0. The quantitative estimate of drug-likeness (QED) is 0.633. The van der Waals surface area contributed by atoms with Gasteiger partial charge in [-0.05, 0) is 24.6 Å². The summed E-state index contributed by atoms with van der Waals surface area (Å²) < 4.78 is 2.31. The van der Waals surface area contributed by atoms with E-state index in [1.807, 2.05) is 48.5 Å². The van der Waals surface area contributed by atoms with Gasteiger partial charge in [0.05, 0.1) is 35.7 Å². The van der Waals surface area contributed by atoms with Crippen molar-refractivity contribution in [2.24, 2.45) is 5.92 Å². The van der Waals surface area contributed by atoms with Gasteiger partial charge in [0.1, 0.15) is 0 Å². The summed E-state index contributed by atoms with van der Waals surface area (Å²) >= 11 is 3.42. The second-order valence-corrected chi connectivity index (χ2v) is 6.83. The van der Waals surface area contributed by atoms with Crippen LogP contribution in [-0.2, 0) is 6.54 Å². The molecule has 0 radical (unpaired) electrons. The topological polar surface area (TPSA) is 82.5 Å². The Labute approximate surface area is 159 Å². The molecule has 0 saturated carbocycles. The Morgan fingerprint density at radius 2 is 1.77 bits per heavy atom. The third-order valence-corrected chi connectivity index (χ3v) is 4.69. The van der Waals surface area contributed by atoms with Crippen molar-refractivity contribution in [3.05, 3.63) is 63.4 Å². The number of aromatic nitrogens is 2. The fraction of sp³-hybridized carbons (Fsp3) is 0.200. The lowest BCUT2D eigenvalue weighted by molar-refractivity contribution is 0.463. The van der Waals surface area contributed by atoms with Crippen molar-refractivity contribution in [2.75, 3.05) is 0 Å². The van der Waals surface area contributed by atoms with Crippen LogP contribution in [0.1, 0.15) is 12.8 Å². The van der Waals surface area contributed by atoms with E-state index in [0.29, 0.717) is 17.5 Å². The Morgan fingerprint density at radius 3 is 2.42 bits per heavy atom. The van der Waals surface area contributed by atoms with Crippen LogP contribution in [0.4, 0.5) is 0 Å². The van der Waals surface area contributed by atoms with E-state index in [2.05, 4.69) is 27.1 Å². The fourth-order valence-electron chi connectivity index (χ4n) is 2.82. The van der Waals surface area contributed by atoms with Crippen LogP contribution in [0, 0.1) is 28.6 Å². The largest absolute Gasteiger partial charge is 0.274 e. The lowest BCUT2D eigenvalue weighted by Gasteiger charge is -2.13. The van der Waals surface area contributed by atoms with Crippen molar-refractivity contribution in [1.82, 2.24) is 9.78 Å². The van der Waals surface area contributed by atoms with Crippen LogP contribution in [0.5, 0.6) is 0 Å². The van der Waals surface area contributed by atoms with E-state index in [1.165, 1.54) is 4.68 Å². The van der Waals surface area contributed by atoms with Crippen LogP contribution in [0.3, 0.4) is 0 Å². The molecule has 1 atom stereocenters. The summed E-state index contributed by atoms with van der Waals surface area (Å²) in [5.41, 5.74) is 1.37. The van der Waals surface area contributed by atoms with E-state index >= 15 is 0 Å².